The van der Waals surface area contributed by atoms with Crippen molar-refractivity contribution < 1.29 is 9.53 Å². The monoisotopic (exact) mass is 340 g/mol. The number of aromatic nitrogens is 2. The summed E-state index contributed by atoms with van der Waals surface area (Å²) < 4.78 is 5.14. The summed E-state index contributed by atoms with van der Waals surface area (Å²) in [5.74, 6) is 1.39. The predicted octanol–water partition coefficient (Wildman–Crippen LogP) is 2.56. The quantitative estimate of drug-likeness (QED) is 0.783. The van der Waals surface area contributed by atoms with Crippen molar-refractivity contribution in [1.29, 1.82) is 5.26 Å². The number of hydrogen-bond donors (Lipinski definition) is 2. The maximum absolute atomic E-state index is 12.3. The molecule has 2 amide bonds. The summed E-state index contributed by atoms with van der Waals surface area (Å²) in [4.78, 5) is 20.3. The molecule has 1 heterocycles. The molecule has 0 spiro atoms. The molecule has 8 heteroatoms. The van der Waals surface area contributed by atoms with Crippen LogP contribution in [0.4, 0.5) is 16.3 Å². The second-order valence-electron chi connectivity index (χ2n) is 5.65. The Bertz CT molecular complexity index is 772. The molecule has 25 heavy (non-hydrogen) atoms. The van der Waals surface area contributed by atoms with Gasteiger partial charge in [-0.25, -0.2) is 15.2 Å². The number of ether oxygens (including phenoxy) is 1. The van der Waals surface area contributed by atoms with Gasteiger partial charge >= 0.3 is 6.03 Å². The number of urea groups is 1. The highest BCUT2D eigenvalue weighted by atomic mass is 16.5. The van der Waals surface area contributed by atoms with Crippen LogP contribution in [0, 0.1) is 17.2 Å². The van der Waals surface area contributed by atoms with Gasteiger partial charge in [0.1, 0.15) is 11.8 Å². The number of rotatable bonds is 6. The van der Waals surface area contributed by atoms with Crippen LogP contribution in [0.2, 0.25) is 0 Å². The van der Waals surface area contributed by atoms with Crippen LogP contribution < -0.4 is 20.5 Å². The van der Waals surface area contributed by atoms with Gasteiger partial charge in [-0.1, -0.05) is 19.9 Å². The highest BCUT2D eigenvalue weighted by Crippen LogP contribution is 2.17. The molecule has 1 aromatic heterocycles. The van der Waals surface area contributed by atoms with Crippen LogP contribution in [-0.2, 0) is 0 Å². The summed E-state index contributed by atoms with van der Waals surface area (Å²) >= 11 is 0. The molecule has 0 radical (unpaired) electrons. The molecule has 0 fully saturated rings. The summed E-state index contributed by atoms with van der Waals surface area (Å²) in [7, 11) is 1.56. The maximum Gasteiger partial charge on any atom is 0.338 e. The third kappa shape index (κ3) is 5.35. The highest BCUT2D eigenvalue weighted by molar-refractivity contribution is 5.90. The molecule has 0 saturated carbocycles. The zero-order valence-corrected chi connectivity index (χ0v) is 14.4. The Balaban J connectivity index is 2.12. The third-order valence-electron chi connectivity index (χ3n) is 3.13. The van der Waals surface area contributed by atoms with E-state index in [1.165, 1.54) is 6.20 Å². The average Bonchev–Trinajstić information content (AvgIpc) is 2.61. The standard InChI is InChI=1S/C17H20N6O2/c1-12(2)11-23(16-7-8-19-15(10-18)21-16)22-17(24)20-13-5-4-6-14(9-13)25-3/h4-9,12H,11H2,1-3H3,(H2,20,22,24). The van der Waals surface area contributed by atoms with E-state index in [9.17, 15) is 4.79 Å². The van der Waals surface area contributed by atoms with Crippen molar-refractivity contribution in [2.75, 3.05) is 24.0 Å². The fourth-order valence-electron chi connectivity index (χ4n) is 2.10. The summed E-state index contributed by atoms with van der Waals surface area (Å²) in [5.41, 5.74) is 3.34. The van der Waals surface area contributed by atoms with Gasteiger partial charge in [0.05, 0.1) is 7.11 Å². The van der Waals surface area contributed by atoms with Crippen LogP contribution >= 0.6 is 0 Å². The number of nitrogens with zero attached hydrogens (tertiary/aromatic N) is 4. The molecule has 1 aromatic carbocycles. The lowest BCUT2D eigenvalue weighted by Crippen LogP contribution is -2.46. The molecule has 0 aliphatic carbocycles. The van der Waals surface area contributed by atoms with Crippen molar-refractivity contribution in [3.8, 4) is 11.8 Å². The number of hydrogen-bond acceptors (Lipinski definition) is 6. The maximum atomic E-state index is 12.3. The van der Waals surface area contributed by atoms with Crippen molar-refractivity contribution >= 4 is 17.5 Å². The molecule has 130 valence electrons. The summed E-state index contributed by atoms with van der Waals surface area (Å²) in [6.45, 7) is 4.55. The zero-order chi connectivity index (χ0) is 18.2. The summed E-state index contributed by atoms with van der Waals surface area (Å²) in [5, 5.41) is 13.3. The smallest absolute Gasteiger partial charge is 0.338 e. The largest absolute Gasteiger partial charge is 0.497 e. The van der Waals surface area contributed by atoms with E-state index in [0.29, 0.717) is 23.8 Å². The van der Waals surface area contributed by atoms with E-state index in [1.54, 1.807) is 42.5 Å². The van der Waals surface area contributed by atoms with Crippen molar-refractivity contribution in [3.05, 3.63) is 42.4 Å². The minimum atomic E-state index is -0.425. The van der Waals surface area contributed by atoms with Crippen molar-refractivity contribution in [2.24, 2.45) is 5.92 Å². The second kappa shape index (κ2) is 8.49. The minimum Gasteiger partial charge on any atom is -0.497 e. The van der Waals surface area contributed by atoms with Gasteiger partial charge in [0, 0.05) is 30.6 Å². The van der Waals surface area contributed by atoms with E-state index in [0.717, 1.165) is 0 Å². The normalized spacial score (nSPS) is 10.0. The molecule has 0 saturated heterocycles. The van der Waals surface area contributed by atoms with Gasteiger partial charge in [-0.15, -0.1) is 0 Å². The Morgan fingerprint density at radius 1 is 1.40 bits per heavy atom. The lowest BCUT2D eigenvalue weighted by Gasteiger charge is -2.26. The van der Waals surface area contributed by atoms with E-state index < -0.39 is 6.03 Å². The van der Waals surface area contributed by atoms with Crippen LogP contribution in [0.5, 0.6) is 5.75 Å². The Hall–Kier alpha value is -3.34. The number of anilines is 2. The molecule has 0 unspecified atom stereocenters. The first-order chi connectivity index (χ1) is 12.0. The van der Waals surface area contributed by atoms with Crippen molar-refractivity contribution in [2.45, 2.75) is 13.8 Å². The SMILES string of the molecule is COc1cccc(NC(=O)NN(CC(C)C)c2ccnc(C#N)n2)c1. The van der Waals surface area contributed by atoms with E-state index in [4.69, 9.17) is 10.00 Å². The van der Waals surface area contributed by atoms with Crippen molar-refractivity contribution in [1.82, 2.24) is 15.4 Å². The number of carbonyl (C=O) groups is 1. The van der Waals surface area contributed by atoms with E-state index in [-0.39, 0.29) is 11.7 Å². The first-order valence-corrected chi connectivity index (χ1v) is 7.74. The number of benzene rings is 1. The first kappa shape index (κ1) is 18.0. The molecular weight excluding hydrogens is 320 g/mol. The number of methoxy groups -OCH3 is 1. The van der Waals surface area contributed by atoms with Gasteiger partial charge in [0.15, 0.2) is 5.82 Å². The van der Waals surface area contributed by atoms with Crippen LogP contribution in [-0.4, -0.2) is 29.7 Å². The highest BCUT2D eigenvalue weighted by Gasteiger charge is 2.14. The molecule has 2 N–H and O–H groups in total. The van der Waals surface area contributed by atoms with Gasteiger partial charge in [-0.05, 0) is 18.1 Å². The van der Waals surface area contributed by atoms with Gasteiger partial charge in [0.2, 0.25) is 5.82 Å². The second-order valence-corrected chi connectivity index (χ2v) is 5.65. The van der Waals surface area contributed by atoms with Crippen LogP contribution in [0.3, 0.4) is 0 Å². The predicted molar refractivity (Wildman–Crippen MR) is 94.1 cm³/mol. The molecule has 8 nitrogen and oxygen atoms in total. The van der Waals surface area contributed by atoms with Crippen LogP contribution in [0.15, 0.2) is 36.5 Å². The van der Waals surface area contributed by atoms with Crippen LogP contribution in [0.25, 0.3) is 0 Å². The number of nitrogens with one attached hydrogen (secondary N) is 2. The zero-order valence-electron chi connectivity index (χ0n) is 14.4. The van der Waals surface area contributed by atoms with E-state index >= 15 is 0 Å². The topological polar surface area (TPSA) is 103 Å². The Morgan fingerprint density at radius 3 is 2.88 bits per heavy atom. The molecule has 0 aliphatic heterocycles. The molecule has 0 bridgehead atoms. The van der Waals surface area contributed by atoms with Crippen LogP contribution in [0.1, 0.15) is 19.7 Å². The van der Waals surface area contributed by atoms with E-state index in [1.807, 2.05) is 19.9 Å². The van der Waals surface area contributed by atoms with Gasteiger partial charge in [-0.3, -0.25) is 5.01 Å². The van der Waals surface area contributed by atoms with E-state index in [2.05, 4.69) is 20.7 Å². The summed E-state index contributed by atoms with van der Waals surface area (Å²) in [6, 6.07) is 10.1. The molecule has 2 rings (SSSR count). The minimum absolute atomic E-state index is 0.0428. The Labute approximate surface area is 146 Å². The number of nitriles is 1. The lowest BCUT2D eigenvalue weighted by atomic mass is 10.2. The number of amides is 2. The average molecular weight is 340 g/mol. The molecule has 0 aliphatic rings. The first-order valence-electron chi connectivity index (χ1n) is 7.74. The molecular formula is C17H20N6O2. The fraction of sp³-hybridized carbons (Fsp3) is 0.294. The summed E-state index contributed by atoms with van der Waals surface area (Å²) in [6.07, 6.45) is 1.48. The van der Waals surface area contributed by atoms with Gasteiger partial charge in [-0.2, -0.15) is 10.2 Å². The Kier molecular flexibility index (Phi) is 6.12. The molecule has 2 aromatic rings. The van der Waals surface area contributed by atoms with Gasteiger partial charge in [0.25, 0.3) is 0 Å². The Morgan fingerprint density at radius 2 is 2.20 bits per heavy atom. The number of carbonyl (C=O) groups excluding carboxylic acids is 1. The fourth-order valence-corrected chi connectivity index (χ4v) is 2.10. The molecule has 0 atom stereocenters. The lowest BCUT2D eigenvalue weighted by molar-refractivity contribution is 0.250. The van der Waals surface area contributed by atoms with Crippen molar-refractivity contribution in [3.63, 3.8) is 0 Å². The third-order valence-corrected chi connectivity index (χ3v) is 3.13. The number of hydrazine groups is 1. The van der Waals surface area contributed by atoms with Gasteiger partial charge < -0.3 is 10.1 Å².